The van der Waals surface area contributed by atoms with Crippen LogP contribution in [0.3, 0.4) is 0 Å². The van der Waals surface area contributed by atoms with E-state index in [2.05, 4.69) is 5.48 Å². The van der Waals surface area contributed by atoms with E-state index in [1.807, 2.05) is 12.1 Å². The summed E-state index contributed by atoms with van der Waals surface area (Å²) in [4.78, 5) is 27.5. The summed E-state index contributed by atoms with van der Waals surface area (Å²) in [6.45, 7) is 1.54. The highest BCUT2D eigenvalue weighted by atomic mass is 16.7. The molecular formula is C15H19NO5. The first-order chi connectivity index (χ1) is 10.3. The molecule has 0 saturated carbocycles. The lowest BCUT2D eigenvalue weighted by atomic mass is 10.0. The molecule has 0 spiro atoms. The lowest BCUT2D eigenvalue weighted by Crippen LogP contribution is -2.30. The molecule has 0 aromatic heterocycles. The van der Waals surface area contributed by atoms with Crippen LogP contribution in [-0.4, -0.2) is 32.2 Å². The van der Waals surface area contributed by atoms with Gasteiger partial charge >= 0.3 is 5.97 Å². The van der Waals surface area contributed by atoms with Gasteiger partial charge in [0, 0.05) is 18.8 Å². The third-order valence-corrected chi connectivity index (χ3v) is 3.33. The van der Waals surface area contributed by atoms with Gasteiger partial charge in [-0.3, -0.25) is 9.59 Å². The van der Waals surface area contributed by atoms with Crippen LogP contribution in [0.25, 0.3) is 0 Å². The van der Waals surface area contributed by atoms with Crippen LogP contribution < -0.4 is 5.48 Å². The highest BCUT2D eigenvalue weighted by Crippen LogP contribution is 2.15. The summed E-state index contributed by atoms with van der Waals surface area (Å²) in [7, 11) is 0. The SMILES string of the molecule is O=Cc1ccccc1COCNOC(=O)C1CCOCC1. The number of nitrogens with one attached hydrogen (secondary N) is 1. The Morgan fingerprint density at radius 1 is 1.33 bits per heavy atom. The highest BCUT2D eigenvalue weighted by molar-refractivity contribution is 5.77. The van der Waals surface area contributed by atoms with Crippen LogP contribution in [-0.2, 0) is 25.7 Å². The molecule has 1 aliphatic heterocycles. The Kier molecular flexibility index (Phi) is 6.33. The van der Waals surface area contributed by atoms with Crippen molar-refractivity contribution < 1.29 is 23.9 Å². The van der Waals surface area contributed by atoms with Gasteiger partial charge in [0.15, 0.2) is 0 Å². The average molecular weight is 293 g/mol. The van der Waals surface area contributed by atoms with Gasteiger partial charge in [-0.05, 0) is 18.4 Å². The van der Waals surface area contributed by atoms with Crippen LogP contribution in [0.4, 0.5) is 0 Å². The first-order valence-corrected chi connectivity index (χ1v) is 6.93. The van der Waals surface area contributed by atoms with E-state index in [-0.39, 0.29) is 25.2 Å². The minimum atomic E-state index is -0.282. The molecule has 0 amide bonds. The molecule has 1 N–H and O–H groups in total. The molecule has 0 bridgehead atoms. The summed E-state index contributed by atoms with van der Waals surface area (Å²) in [6, 6.07) is 7.17. The minimum absolute atomic E-state index is 0.0716. The Bertz CT molecular complexity index is 471. The number of ether oxygens (including phenoxy) is 2. The zero-order chi connectivity index (χ0) is 14.9. The number of carbonyl (C=O) groups excluding carboxylic acids is 2. The second kappa shape index (κ2) is 8.51. The number of aldehydes is 1. The van der Waals surface area contributed by atoms with Crippen LogP contribution in [0.2, 0.25) is 0 Å². The van der Waals surface area contributed by atoms with Crippen molar-refractivity contribution in [3.8, 4) is 0 Å². The van der Waals surface area contributed by atoms with Crippen molar-refractivity contribution in [3.05, 3.63) is 35.4 Å². The molecule has 6 heteroatoms. The number of benzene rings is 1. The molecule has 114 valence electrons. The molecule has 1 aromatic carbocycles. The third kappa shape index (κ3) is 4.93. The van der Waals surface area contributed by atoms with Crippen LogP contribution in [0.5, 0.6) is 0 Å². The summed E-state index contributed by atoms with van der Waals surface area (Å²) in [6.07, 6.45) is 2.17. The molecule has 0 radical (unpaired) electrons. The molecule has 21 heavy (non-hydrogen) atoms. The minimum Gasteiger partial charge on any atom is -0.381 e. The molecule has 1 aromatic rings. The van der Waals surface area contributed by atoms with Crippen LogP contribution in [0.1, 0.15) is 28.8 Å². The average Bonchev–Trinajstić information content (AvgIpc) is 2.55. The fourth-order valence-corrected chi connectivity index (χ4v) is 2.10. The van der Waals surface area contributed by atoms with E-state index in [1.165, 1.54) is 0 Å². The number of carbonyl (C=O) groups is 2. The van der Waals surface area contributed by atoms with Crippen molar-refractivity contribution >= 4 is 12.3 Å². The van der Waals surface area contributed by atoms with Gasteiger partial charge in [-0.15, -0.1) is 5.48 Å². The van der Waals surface area contributed by atoms with Gasteiger partial charge in [-0.25, -0.2) is 0 Å². The smallest absolute Gasteiger partial charge is 0.328 e. The number of hydrogen-bond donors (Lipinski definition) is 1. The third-order valence-electron chi connectivity index (χ3n) is 3.33. The van der Waals surface area contributed by atoms with Gasteiger partial charge in [0.1, 0.15) is 13.0 Å². The summed E-state index contributed by atoms with van der Waals surface area (Å²) >= 11 is 0. The molecule has 1 fully saturated rings. The standard InChI is InChI=1S/C15H19NO5/c17-9-13-3-1-2-4-14(13)10-20-11-16-21-15(18)12-5-7-19-8-6-12/h1-4,9,12,16H,5-8,10-11H2. The zero-order valence-electron chi connectivity index (χ0n) is 11.7. The fourth-order valence-electron chi connectivity index (χ4n) is 2.10. The van der Waals surface area contributed by atoms with E-state index in [4.69, 9.17) is 14.3 Å². The Balaban J connectivity index is 1.63. The van der Waals surface area contributed by atoms with Crippen LogP contribution >= 0.6 is 0 Å². The van der Waals surface area contributed by atoms with E-state index in [0.29, 0.717) is 31.6 Å². The lowest BCUT2D eigenvalue weighted by molar-refractivity contribution is -0.164. The monoisotopic (exact) mass is 293 g/mol. The van der Waals surface area contributed by atoms with Gasteiger partial charge in [0.05, 0.1) is 12.5 Å². The van der Waals surface area contributed by atoms with Crippen LogP contribution in [0.15, 0.2) is 24.3 Å². The summed E-state index contributed by atoms with van der Waals surface area (Å²) in [5.74, 6) is -0.391. The zero-order valence-corrected chi connectivity index (χ0v) is 11.7. The topological polar surface area (TPSA) is 73.9 Å². The fraction of sp³-hybridized carbons (Fsp3) is 0.467. The molecule has 1 heterocycles. The maximum atomic E-state index is 11.7. The van der Waals surface area contributed by atoms with E-state index in [9.17, 15) is 9.59 Å². The van der Waals surface area contributed by atoms with E-state index >= 15 is 0 Å². The molecular weight excluding hydrogens is 274 g/mol. The summed E-state index contributed by atoms with van der Waals surface area (Å²) in [5.41, 5.74) is 3.88. The van der Waals surface area contributed by atoms with Gasteiger partial charge in [-0.2, -0.15) is 0 Å². The maximum absolute atomic E-state index is 11.7. The second-order valence-electron chi connectivity index (χ2n) is 4.76. The summed E-state index contributed by atoms with van der Waals surface area (Å²) in [5, 5.41) is 0. The second-order valence-corrected chi connectivity index (χ2v) is 4.76. The Morgan fingerprint density at radius 3 is 2.86 bits per heavy atom. The quantitative estimate of drug-likeness (QED) is 0.355. The number of hydroxylamine groups is 1. The molecule has 6 nitrogen and oxygen atoms in total. The van der Waals surface area contributed by atoms with Crippen molar-refractivity contribution in [1.82, 2.24) is 5.48 Å². The van der Waals surface area contributed by atoms with E-state index < -0.39 is 0 Å². The van der Waals surface area contributed by atoms with Crippen LogP contribution in [0, 0.1) is 5.92 Å². The van der Waals surface area contributed by atoms with Gasteiger partial charge in [0.2, 0.25) is 0 Å². The normalized spacial score (nSPS) is 15.6. The van der Waals surface area contributed by atoms with E-state index in [0.717, 1.165) is 11.8 Å². The van der Waals surface area contributed by atoms with Crippen molar-refractivity contribution in [1.29, 1.82) is 0 Å². The molecule has 2 rings (SSSR count). The number of rotatable bonds is 7. The van der Waals surface area contributed by atoms with Gasteiger partial charge in [0.25, 0.3) is 0 Å². The molecule has 1 saturated heterocycles. The van der Waals surface area contributed by atoms with E-state index in [1.54, 1.807) is 12.1 Å². The first-order valence-electron chi connectivity index (χ1n) is 6.93. The van der Waals surface area contributed by atoms with Crippen molar-refractivity contribution in [2.75, 3.05) is 19.9 Å². The van der Waals surface area contributed by atoms with Crippen molar-refractivity contribution in [2.45, 2.75) is 19.4 Å². The molecule has 0 unspecified atom stereocenters. The Hall–Kier alpha value is -1.76. The molecule has 0 atom stereocenters. The number of hydrogen-bond acceptors (Lipinski definition) is 6. The maximum Gasteiger partial charge on any atom is 0.328 e. The van der Waals surface area contributed by atoms with Gasteiger partial charge < -0.3 is 14.3 Å². The predicted molar refractivity (Wildman–Crippen MR) is 74.3 cm³/mol. The lowest BCUT2D eigenvalue weighted by Gasteiger charge is -2.20. The van der Waals surface area contributed by atoms with Gasteiger partial charge in [-0.1, -0.05) is 24.3 Å². The Labute approximate surface area is 123 Å². The predicted octanol–water partition coefficient (Wildman–Crippen LogP) is 1.45. The highest BCUT2D eigenvalue weighted by Gasteiger charge is 2.23. The molecule has 1 aliphatic rings. The van der Waals surface area contributed by atoms with Crippen molar-refractivity contribution in [3.63, 3.8) is 0 Å². The largest absolute Gasteiger partial charge is 0.381 e. The summed E-state index contributed by atoms with van der Waals surface area (Å²) < 4.78 is 10.5. The molecule has 0 aliphatic carbocycles. The first kappa shape index (κ1) is 15.6. The van der Waals surface area contributed by atoms with Crippen molar-refractivity contribution in [2.24, 2.45) is 5.92 Å². The Morgan fingerprint density at radius 2 is 2.10 bits per heavy atom.